The Morgan fingerprint density at radius 2 is 2.05 bits per heavy atom. The van der Waals surface area contributed by atoms with Crippen molar-refractivity contribution in [2.24, 2.45) is 10.8 Å². The van der Waals surface area contributed by atoms with Crippen molar-refractivity contribution < 1.29 is 28.6 Å². The van der Waals surface area contributed by atoms with E-state index in [0.29, 0.717) is 12.8 Å². The molecule has 2 aliphatic carbocycles. The minimum absolute atomic E-state index is 0.0140. The molecule has 3 aliphatic rings. The Hall–Kier alpha value is -1.85. The van der Waals surface area contributed by atoms with Crippen molar-refractivity contribution in [3.05, 3.63) is 12.2 Å². The molecule has 120 valence electrons. The van der Waals surface area contributed by atoms with Crippen molar-refractivity contribution in [1.82, 2.24) is 0 Å². The van der Waals surface area contributed by atoms with Crippen LogP contribution in [0.4, 0.5) is 4.79 Å². The van der Waals surface area contributed by atoms with Gasteiger partial charge in [-0.3, -0.25) is 9.59 Å². The third kappa shape index (κ3) is 1.58. The van der Waals surface area contributed by atoms with Crippen LogP contribution < -0.4 is 0 Å². The van der Waals surface area contributed by atoms with Gasteiger partial charge in [-0.25, -0.2) is 4.79 Å². The third-order valence-electron chi connectivity index (χ3n) is 5.54. The predicted molar refractivity (Wildman–Crippen MR) is 75.0 cm³/mol. The smallest absolute Gasteiger partial charge is 0.457 e. The van der Waals surface area contributed by atoms with Crippen LogP contribution in [0.5, 0.6) is 0 Å². The molecule has 1 aliphatic heterocycles. The molecule has 1 heterocycles. The minimum Gasteiger partial charge on any atom is -0.457 e. The van der Waals surface area contributed by atoms with Gasteiger partial charge in [0.15, 0.2) is 0 Å². The summed E-state index contributed by atoms with van der Waals surface area (Å²) in [5.74, 6) is -0.410. The summed E-state index contributed by atoms with van der Waals surface area (Å²) in [7, 11) is 0. The highest BCUT2D eigenvalue weighted by molar-refractivity contribution is 6.00. The molecule has 3 fully saturated rings. The SMILES string of the molecule is C=C1CC[C@@]23OC(=O)CC12C(=O)C[C@@]3(C)COC(=O)OCC. The van der Waals surface area contributed by atoms with Crippen LogP contribution in [0.2, 0.25) is 0 Å². The van der Waals surface area contributed by atoms with E-state index in [-0.39, 0.29) is 37.8 Å². The fourth-order valence-electron chi connectivity index (χ4n) is 4.55. The highest BCUT2D eigenvalue weighted by Gasteiger charge is 2.79. The van der Waals surface area contributed by atoms with Crippen LogP contribution in [0, 0.1) is 10.8 Å². The molecular formula is C16H20O6. The van der Waals surface area contributed by atoms with E-state index in [2.05, 4.69) is 6.58 Å². The van der Waals surface area contributed by atoms with E-state index in [9.17, 15) is 14.4 Å². The number of Topliss-reactive ketones (excluding diaryl/α,β-unsaturated/α-hetero) is 1. The average molecular weight is 308 g/mol. The number of carbonyl (C=O) groups is 3. The lowest BCUT2D eigenvalue weighted by atomic mass is 9.66. The van der Waals surface area contributed by atoms with E-state index < -0.39 is 22.6 Å². The van der Waals surface area contributed by atoms with Crippen LogP contribution in [0.25, 0.3) is 0 Å². The largest absolute Gasteiger partial charge is 0.508 e. The zero-order chi connectivity index (χ0) is 16.2. The quantitative estimate of drug-likeness (QED) is 0.587. The molecule has 0 amide bonds. The Kier molecular flexibility index (Phi) is 3.13. The van der Waals surface area contributed by atoms with Crippen LogP contribution in [0.3, 0.4) is 0 Å². The van der Waals surface area contributed by atoms with Gasteiger partial charge < -0.3 is 14.2 Å². The van der Waals surface area contributed by atoms with E-state index >= 15 is 0 Å². The number of carbonyl (C=O) groups excluding carboxylic acids is 3. The van der Waals surface area contributed by atoms with Crippen LogP contribution >= 0.6 is 0 Å². The zero-order valence-electron chi connectivity index (χ0n) is 12.9. The highest BCUT2D eigenvalue weighted by atomic mass is 16.7. The summed E-state index contributed by atoms with van der Waals surface area (Å²) in [6, 6.07) is 0. The topological polar surface area (TPSA) is 78.9 Å². The van der Waals surface area contributed by atoms with Gasteiger partial charge in [-0.2, -0.15) is 0 Å². The normalized spacial score (nSPS) is 39.5. The maximum absolute atomic E-state index is 12.7. The summed E-state index contributed by atoms with van der Waals surface area (Å²) < 4.78 is 15.6. The third-order valence-corrected chi connectivity index (χ3v) is 5.54. The summed E-state index contributed by atoms with van der Waals surface area (Å²) in [6.07, 6.45) is 0.685. The average Bonchev–Trinajstić information content (AvgIpc) is 2.96. The Bertz CT molecular complexity index is 581. The highest BCUT2D eigenvalue weighted by Crippen LogP contribution is 2.70. The lowest BCUT2D eigenvalue weighted by Crippen LogP contribution is -2.51. The number of hydrogen-bond acceptors (Lipinski definition) is 6. The second kappa shape index (κ2) is 4.57. The molecule has 0 N–H and O–H groups in total. The van der Waals surface area contributed by atoms with Gasteiger partial charge in [0.2, 0.25) is 0 Å². The zero-order valence-corrected chi connectivity index (χ0v) is 12.9. The number of hydrogen-bond donors (Lipinski definition) is 0. The Morgan fingerprint density at radius 3 is 2.73 bits per heavy atom. The fourth-order valence-corrected chi connectivity index (χ4v) is 4.55. The molecule has 0 radical (unpaired) electrons. The summed E-state index contributed by atoms with van der Waals surface area (Å²) in [5, 5.41) is 0. The van der Waals surface area contributed by atoms with Gasteiger partial charge in [-0.15, -0.1) is 0 Å². The molecule has 6 nitrogen and oxygen atoms in total. The van der Waals surface area contributed by atoms with Crippen LogP contribution in [-0.2, 0) is 23.8 Å². The maximum atomic E-state index is 12.7. The number of ketones is 1. The molecule has 1 saturated heterocycles. The minimum atomic E-state index is -0.934. The van der Waals surface area contributed by atoms with Gasteiger partial charge in [-0.05, 0) is 19.8 Å². The second-order valence-corrected chi connectivity index (χ2v) is 6.62. The first-order valence-electron chi connectivity index (χ1n) is 7.54. The van der Waals surface area contributed by atoms with Gasteiger partial charge in [0, 0.05) is 6.42 Å². The molecule has 3 atom stereocenters. The molecule has 2 saturated carbocycles. The first kappa shape index (κ1) is 15.1. The molecule has 22 heavy (non-hydrogen) atoms. The molecule has 0 bridgehead atoms. The van der Waals surface area contributed by atoms with Gasteiger partial charge in [0.1, 0.15) is 23.4 Å². The second-order valence-electron chi connectivity index (χ2n) is 6.62. The standard InChI is InChI=1S/C16H20O6/c1-4-20-13(19)21-9-14(3)7-11(17)15-8-12(18)22-16(14,15)6-5-10(15)2/h2,4-9H2,1,3H3/t14-,15?,16-/m0/s1. The van der Waals surface area contributed by atoms with Gasteiger partial charge in [0.05, 0.1) is 18.4 Å². The van der Waals surface area contributed by atoms with E-state index in [1.165, 1.54) is 0 Å². The maximum Gasteiger partial charge on any atom is 0.508 e. The summed E-state index contributed by atoms with van der Waals surface area (Å²) in [6.45, 7) is 7.74. The van der Waals surface area contributed by atoms with E-state index in [1.807, 2.05) is 6.92 Å². The lowest BCUT2D eigenvalue weighted by Gasteiger charge is -2.41. The van der Waals surface area contributed by atoms with Crippen LogP contribution in [0.1, 0.15) is 39.5 Å². The lowest BCUT2D eigenvalue weighted by molar-refractivity contribution is -0.165. The van der Waals surface area contributed by atoms with E-state index in [0.717, 1.165) is 5.57 Å². The van der Waals surface area contributed by atoms with Crippen molar-refractivity contribution >= 4 is 17.9 Å². The monoisotopic (exact) mass is 308 g/mol. The summed E-state index contributed by atoms with van der Waals surface area (Å²) in [5.41, 5.74) is -1.85. The first-order valence-corrected chi connectivity index (χ1v) is 7.54. The number of esters is 1. The Balaban J connectivity index is 1.94. The molecule has 0 aromatic heterocycles. The van der Waals surface area contributed by atoms with Crippen molar-refractivity contribution in [3.63, 3.8) is 0 Å². The van der Waals surface area contributed by atoms with Crippen molar-refractivity contribution in [2.75, 3.05) is 13.2 Å². The molecule has 0 aromatic carbocycles. The molecule has 0 aromatic rings. The van der Waals surface area contributed by atoms with Crippen LogP contribution in [-0.4, -0.2) is 36.7 Å². The molecular weight excluding hydrogens is 288 g/mol. The molecule has 3 rings (SSSR count). The molecule has 0 spiro atoms. The predicted octanol–water partition coefficient (Wildman–Crippen LogP) is 2.16. The Morgan fingerprint density at radius 1 is 1.32 bits per heavy atom. The number of ether oxygens (including phenoxy) is 3. The fraction of sp³-hybridized carbons (Fsp3) is 0.688. The number of rotatable bonds is 3. The summed E-state index contributed by atoms with van der Waals surface area (Å²) in [4.78, 5) is 36.1. The van der Waals surface area contributed by atoms with Crippen molar-refractivity contribution in [3.8, 4) is 0 Å². The Labute approximate surface area is 128 Å². The van der Waals surface area contributed by atoms with Crippen molar-refractivity contribution in [2.45, 2.75) is 45.1 Å². The van der Waals surface area contributed by atoms with E-state index in [4.69, 9.17) is 14.2 Å². The van der Waals surface area contributed by atoms with E-state index in [1.54, 1.807) is 6.92 Å². The van der Waals surface area contributed by atoms with Crippen molar-refractivity contribution in [1.29, 1.82) is 0 Å². The first-order chi connectivity index (χ1) is 10.3. The van der Waals surface area contributed by atoms with Crippen LogP contribution in [0.15, 0.2) is 12.2 Å². The molecule has 1 unspecified atom stereocenters. The molecule has 6 heteroatoms. The van der Waals surface area contributed by atoms with Gasteiger partial charge >= 0.3 is 12.1 Å². The van der Waals surface area contributed by atoms with Gasteiger partial charge in [0.25, 0.3) is 0 Å². The van der Waals surface area contributed by atoms with Gasteiger partial charge in [-0.1, -0.05) is 19.1 Å². The summed E-state index contributed by atoms with van der Waals surface area (Å²) >= 11 is 0.